The van der Waals surface area contributed by atoms with Gasteiger partial charge in [0.15, 0.2) is 11.5 Å². The van der Waals surface area contributed by atoms with Gasteiger partial charge in [-0.3, -0.25) is 0 Å². The standard InChI is InChI=1S/C17H27NO3/c1-3-9-18-13-14-6-7-16(19-2)17(12-14)21-11-8-15-5-4-10-20-15/h6-7,12,15,18H,3-5,8-11,13H2,1-2H3. The molecule has 1 aliphatic rings. The predicted octanol–water partition coefficient (Wildman–Crippen LogP) is 3.14. The molecule has 1 atom stereocenters. The second-order valence-corrected chi connectivity index (χ2v) is 5.43. The van der Waals surface area contributed by atoms with Crippen LogP contribution in [-0.4, -0.2) is 33.0 Å². The third kappa shape index (κ3) is 5.21. The number of nitrogens with one attached hydrogen (secondary N) is 1. The maximum Gasteiger partial charge on any atom is 0.161 e. The second kappa shape index (κ2) is 8.90. The van der Waals surface area contributed by atoms with Gasteiger partial charge in [-0.2, -0.15) is 0 Å². The van der Waals surface area contributed by atoms with Crippen molar-refractivity contribution in [3.8, 4) is 11.5 Å². The van der Waals surface area contributed by atoms with Gasteiger partial charge in [-0.05, 0) is 43.5 Å². The van der Waals surface area contributed by atoms with Crippen molar-refractivity contribution >= 4 is 0 Å². The summed E-state index contributed by atoms with van der Waals surface area (Å²) in [5.41, 5.74) is 1.22. The molecule has 0 aromatic heterocycles. The van der Waals surface area contributed by atoms with Gasteiger partial charge in [0.1, 0.15) is 0 Å². The molecule has 2 rings (SSSR count). The first kappa shape index (κ1) is 16.1. The van der Waals surface area contributed by atoms with Crippen LogP contribution in [0.2, 0.25) is 0 Å². The molecule has 118 valence electrons. The minimum Gasteiger partial charge on any atom is -0.493 e. The maximum absolute atomic E-state index is 5.90. The molecule has 1 fully saturated rings. The molecule has 0 radical (unpaired) electrons. The number of rotatable bonds is 9. The van der Waals surface area contributed by atoms with Crippen molar-refractivity contribution in [2.45, 2.75) is 45.3 Å². The molecule has 1 N–H and O–H groups in total. The minimum absolute atomic E-state index is 0.366. The van der Waals surface area contributed by atoms with E-state index >= 15 is 0 Å². The molecule has 1 heterocycles. The van der Waals surface area contributed by atoms with E-state index in [9.17, 15) is 0 Å². The van der Waals surface area contributed by atoms with Gasteiger partial charge >= 0.3 is 0 Å². The summed E-state index contributed by atoms with van der Waals surface area (Å²) in [6, 6.07) is 6.12. The van der Waals surface area contributed by atoms with Gasteiger partial charge in [0.25, 0.3) is 0 Å². The Bertz CT molecular complexity index is 416. The number of benzene rings is 1. The zero-order valence-corrected chi connectivity index (χ0v) is 13.2. The van der Waals surface area contributed by atoms with E-state index in [2.05, 4.69) is 24.4 Å². The van der Waals surface area contributed by atoms with Crippen LogP contribution >= 0.6 is 0 Å². The Morgan fingerprint density at radius 3 is 2.95 bits per heavy atom. The number of hydrogen-bond acceptors (Lipinski definition) is 4. The van der Waals surface area contributed by atoms with Crippen LogP contribution in [-0.2, 0) is 11.3 Å². The van der Waals surface area contributed by atoms with Gasteiger partial charge in [-0.1, -0.05) is 13.0 Å². The zero-order chi connectivity index (χ0) is 14.9. The fraction of sp³-hybridized carbons (Fsp3) is 0.647. The van der Waals surface area contributed by atoms with Gasteiger partial charge in [-0.25, -0.2) is 0 Å². The summed E-state index contributed by atoms with van der Waals surface area (Å²) in [5.74, 6) is 1.62. The monoisotopic (exact) mass is 293 g/mol. The van der Waals surface area contributed by atoms with Crippen LogP contribution in [0.15, 0.2) is 18.2 Å². The summed E-state index contributed by atoms with van der Waals surface area (Å²) in [5, 5.41) is 3.40. The van der Waals surface area contributed by atoms with E-state index in [4.69, 9.17) is 14.2 Å². The lowest BCUT2D eigenvalue weighted by Crippen LogP contribution is -2.14. The smallest absolute Gasteiger partial charge is 0.161 e. The Labute approximate surface area is 127 Å². The number of hydrogen-bond donors (Lipinski definition) is 1. The average molecular weight is 293 g/mol. The number of methoxy groups -OCH3 is 1. The maximum atomic E-state index is 5.90. The Morgan fingerprint density at radius 2 is 2.24 bits per heavy atom. The fourth-order valence-corrected chi connectivity index (χ4v) is 2.53. The Balaban J connectivity index is 1.86. The molecule has 4 heteroatoms. The lowest BCUT2D eigenvalue weighted by molar-refractivity contribution is 0.0899. The van der Waals surface area contributed by atoms with Crippen molar-refractivity contribution in [1.82, 2.24) is 5.32 Å². The first-order valence-corrected chi connectivity index (χ1v) is 7.95. The molecule has 1 unspecified atom stereocenters. The van der Waals surface area contributed by atoms with Gasteiger partial charge in [-0.15, -0.1) is 0 Å². The van der Waals surface area contributed by atoms with E-state index in [1.165, 1.54) is 12.0 Å². The molecule has 0 saturated carbocycles. The lowest BCUT2D eigenvalue weighted by atomic mass is 10.2. The highest BCUT2D eigenvalue weighted by Gasteiger charge is 2.15. The van der Waals surface area contributed by atoms with Crippen molar-refractivity contribution in [2.75, 3.05) is 26.9 Å². The Hall–Kier alpha value is -1.26. The number of ether oxygens (including phenoxy) is 3. The largest absolute Gasteiger partial charge is 0.493 e. The van der Waals surface area contributed by atoms with E-state index < -0.39 is 0 Å². The summed E-state index contributed by atoms with van der Waals surface area (Å²) >= 11 is 0. The predicted molar refractivity (Wildman–Crippen MR) is 84.1 cm³/mol. The van der Waals surface area contributed by atoms with E-state index in [1.54, 1.807) is 7.11 Å². The molecule has 0 aliphatic carbocycles. The van der Waals surface area contributed by atoms with Crippen molar-refractivity contribution < 1.29 is 14.2 Å². The molecule has 1 aliphatic heterocycles. The van der Waals surface area contributed by atoms with Gasteiger partial charge < -0.3 is 19.5 Å². The average Bonchev–Trinajstić information content (AvgIpc) is 3.01. The van der Waals surface area contributed by atoms with Gasteiger partial charge in [0, 0.05) is 19.6 Å². The molecular formula is C17H27NO3. The topological polar surface area (TPSA) is 39.7 Å². The van der Waals surface area contributed by atoms with Crippen LogP contribution in [0.3, 0.4) is 0 Å². The normalized spacial score (nSPS) is 17.9. The molecule has 4 nitrogen and oxygen atoms in total. The van der Waals surface area contributed by atoms with E-state index in [-0.39, 0.29) is 0 Å². The molecular weight excluding hydrogens is 266 g/mol. The highest BCUT2D eigenvalue weighted by Crippen LogP contribution is 2.28. The molecule has 0 amide bonds. The van der Waals surface area contributed by atoms with Crippen LogP contribution in [0, 0.1) is 0 Å². The SMILES string of the molecule is CCCNCc1ccc(OC)c(OCCC2CCCO2)c1. The highest BCUT2D eigenvalue weighted by molar-refractivity contribution is 5.42. The summed E-state index contributed by atoms with van der Waals surface area (Å²) < 4.78 is 16.9. The van der Waals surface area contributed by atoms with Gasteiger partial charge in [0.05, 0.1) is 19.8 Å². The van der Waals surface area contributed by atoms with E-state index in [1.807, 2.05) is 6.07 Å². The van der Waals surface area contributed by atoms with Crippen LogP contribution in [0.25, 0.3) is 0 Å². The molecule has 1 saturated heterocycles. The summed E-state index contributed by atoms with van der Waals surface area (Å²) in [4.78, 5) is 0. The lowest BCUT2D eigenvalue weighted by Gasteiger charge is -2.14. The molecule has 0 spiro atoms. The summed E-state index contributed by atoms with van der Waals surface area (Å²) in [7, 11) is 1.68. The van der Waals surface area contributed by atoms with Gasteiger partial charge in [0.2, 0.25) is 0 Å². The highest BCUT2D eigenvalue weighted by atomic mass is 16.5. The third-order valence-corrected chi connectivity index (χ3v) is 3.71. The molecule has 0 bridgehead atoms. The third-order valence-electron chi connectivity index (χ3n) is 3.71. The summed E-state index contributed by atoms with van der Waals surface area (Å²) in [6.45, 7) is 5.63. The fourth-order valence-electron chi connectivity index (χ4n) is 2.53. The Morgan fingerprint density at radius 1 is 1.33 bits per heavy atom. The molecule has 1 aromatic carbocycles. The van der Waals surface area contributed by atoms with Crippen molar-refractivity contribution in [2.24, 2.45) is 0 Å². The minimum atomic E-state index is 0.366. The van der Waals surface area contributed by atoms with Crippen LogP contribution < -0.4 is 14.8 Å². The first-order valence-electron chi connectivity index (χ1n) is 7.95. The van der Waals surface area contributed by atoms with Crippen LogP contribution in [0.4, 0.5) is 0 Å². The van der Waals surface area contributed by atoms with Crippen LogP contribution in [0.5, 0.6) is 11.5 Å². The second-order valence-electron chi connectivity index (χ2n) is 5.43. The van der Waals surface area contributed by atoms with Crippen molar-refractivity contribution in [1.29, 1.82) is 0 Å². The van der Waals surface area contributed by atoms with Crippen LogP contribution in [0.1, 0.15) is 38.2 Å². The zero-order valence-electron chi connectivity index (χ0n) is 13.2. The van der Waals surface area contributed by atoms with Crippen molar-refractivity contribution in [3.05, 3.63) is 23.8 Å². The molecule has 1 aromatic rings. The Kier molecular flexibility index (Phi) is 6.83. The van der Waals surface area contributed by atoms with E-state index in [0.29, 0.717) is 12.7 Å². The molecule has 21 heavy (non-hydrogen) atoms. The van der Waals surface area contributed by atoms with E-state index in [0.717, 1.165) is 50.5 Å². The first-order chi connectivity index (χ1) is 10.3. The van der Waals surface area contributed by atoms with Crippen molar-refractivity contribution in [3.63, 3.8) is 0 Å². The summed E-state index contributed by atoms with van der Waals surface area (Å²) in [6.07, 6.45) is 4.78. The quantitative estimate of drug-likeness (QED) is 0.710.